The summed E-state index contributed by atoms with van der Waals surface area (Å²) in [7, 11) is 0. The van der Waals surface area contributed by atoms with Crippen LogP contribution in [0.1, 0.15) is 40.0 Å². The van der Waals surface area contributed by atoms with Crippen molar-refractivity contribution in [2.75, 3.05) is 6.61 Å². The van der Waals surface area contributed by atoms with E-state index in [0.717, 1.165) is 0 Å². The number of rotatable bonds is 5. The first-order chi connectivity index (χ1) is 8.97. The highest BCUT2D eigenvalue weighted by Crippen LogP contribution is 2.41. The van der Waals surface area contributed by atoms with E-state index >= 15 is 0 Å². The largest absolute Gasteiger partial charge is 0.465 e. The molecule has 0 spiro atoms. The van der Waals surface area contributed by atoms with Gasteiger partial charge < -0.3 is 9.47 Å². The monoisotopic (exact) mass is 268 g/mol. The first kappa shape index (κ1) is 15.4. The van der Waals surface area contributed by atoms with Gasteiger partial charge in [-0.2, -0.15) is 0 Å². The van der Waals surface area contributed by atoms with Crippen LogP contribution in [0.25, 0.3) is 0 Å². The Bertz CT molecular complexity index is 399. The van der Waals surface area contributed by atoms with Gasteiger partial charge in [0.25, 0.3) is 0 Å². The number of carbonyl (C=O) groups excluding carboxylic acids is 3. The number of hydrogen-bond acceptors (Lipinski definition) is 5. The fourth-order valence-corrected chi connectivity index (χ4v) is 2.33. The van der Waals surface area contributed by atoms with E-state index in [1.807, 2.05) is 6.92 Å². The van der Waals surface area contributed by atoms with Gasteiger partial charge in [-0.3, -0.25) is 14.4 Å². The molecular formula is C14H20O5. The molecule has 0 saturated heterocycles. The van der Waals surface area contributed by atoms with E-state index in [1.165, 1.54) is 6.92 Å². The number of Topliss-reactive ketones (excluding diaryl/α,β-unsaturated/α-hetero) is 1. The molecule has 0 aromatic carbocycles. The summed E-state index contributed by atoms with van der Waals surface area (Å²) >= 11 is 0. The van der Waals surface area contributed by atoms with Gasteiger partial charge in [0.05, 0.1) is 6.61 Å². The second-order valence-electron chi connectivity index (χ2n) is 4.58. The van der Waals surface area contributed by atoms with Crippen molar-refractivity contribution in [1.82, 2.24) is 0 Å². The number of esters is 2. The van der Waals surface area contributed by atoms with Crippen molar-refractivity contribution in [2.24, 2.45) is 5.41 Å². The number of hydrogen-bond donors (Lipinski definition) is 0. The summed E-state index contributed by atoms with van der Waals surface area (Å²) in [4.78, 5) is 35.4. The maximum absolute atomic E-state index is 12.4. The minimum absolute atomic E-state index is 0.224. The van der Waals surface area contributed by atoms with Gasteiger partial charge >= 0.3 is 11.9 Å². The van der Waals surface area contributed by atoms with Crippen molar-refractivity contribution in [2.45, 2.75) is 46.1 Å². The topological polar surface area (TPSA) is 69.7 Å². The van der Waals surface area contributed by atoms with Crippen LogP contribution in [-0.2, 0) is 23.9 Å². The van der Waals surface area contributed by atoms with Crippen molar-refractivity contribution in [3.63, 3.8) is 0 Å². The molecule has 0 aromatic rings. The van der Waals surface area contributed by atoms with Gasteiger partial charge in [0.1, 0.15) is 5.41 Å². The molecular weight excluding hydrogens is 248 g/mol. The van der Waals surface area contributed by atoms with Gasteiger partial charge in [-0.1, -0.05) is 12.2 Å². The molecule has 106 valence electrons. The molecule has 1 fully saturated rings. The highest BCUT2D eigenvalue weighted by atomic mass is 16.6. The molecule has 0 N–H and O–H groups in total. The van der Waals surface area contributed by atoms with Gasteiger partial charge in [0, 0.05) is 6.92 Å². The molecule has 0 bridgehead atoms. The lowest BCUT2D eigenvalue weighted by Gasteiger charge is -2.23. The summed E-state index contributed by atoms with van der Waals surface area (Å²) in [5, 5.41) is 0. The van der Waals surface area contributed by atoms with E-state index in [9.17, 15) is 14.4 Å². The average Bonchev–Trinajstić information content (AvgIpc) is 2.66. The minimum Gasteiger partial charge on any atom is -0.465 e. The minimum atomic E-state index is -1.19. The van der Waals surface area contributed by atoms with Gasteiger partial charge in [0.15, 0.2) is 11.9 Å². The van der Waals surface area contributed by atoms with E-state index in [1.54, 1.807) is 19.1 Å². The number of allylic oxidation sites excluding steroid dienone is 2. The van der Waals surface area contributed by atoms with Crippen LogP contribution in [0.15, 0.2) is 12.2 Å². The lowest BCUT2D eigenvalue weighted by Crippen LogP contribution is -2.40. The lowest BCUT2D eigenvalue weighted by atomic mass is 9.81. The van der Waals surface area contributed by atoms with Gasteiger partial charge in [-0.25, -0.2) is 0 Å². The van der Waals surface area contributed by atoms with Crippen LogP contribution in [0.4, 0.5) is 0 Å². The van der Waals surface area contributed by atoms with Crippen molar-refractivity contribution in [3.8, 4) is 0 Å². The highest BCUT2D eigenvalue weighted by Gasteiger charge is 2.54. The van der Waals surface area contributed by atoms with E-state index in [2.05, 4.69) is 0 Å². The molecule has 2 unspecified atom stereocenters. The first-order valence-corrected chi connectivity index (χ1v) is 6.48. The van der Waals surface area contributed by atoms with Crippen LogP contribution in [0, 0.1) is 5.41 Å². The summed E-state index contributed by atoms with van der Waals surface area (Å²) in [6.45, 7) is 5.00. The predicted octanol–water partition coefficient (Wildman–Crippen LogP) is 1.80. The first-order valence-electron chi connectivity index (χ1n) is 6.48. The molecule has 0 aromatic heterocycles. The Hall–Kier alpha value is -1.65. The highest BCUT2D eigenvalue weighted by molar-refractivity contribution is 6.08. The third-order valence-electron chi connectivity index (χ3n) is 3.27. The zero-order chi connectivity index (χ0) is 14.5. The van der Waals surface area contributed by atoms with Crippen LogP contribution >= 0.6 is 0 Å². The van der Waals surface area contributed by atoms with Crippen LogP contribution in [-0.4, -0.2) is 30.4 Å². The van der Waals surface area contributed by atoms with E-state index in [4.69, 9.17) is 9.47 Å². The quantitative estimate of drug-likeness (QED) is 0.432. The maximum atomic E-state index is 12.4. The van der Waals surface area contributed by atoms with E-state index < -0.39 is 23.5 Å². The van der Waals surface area contributed by atoms with E-state index in [-0.39, 0.29) is 12.4 Å². The Labute approximate surface area is 112 Å². The summed E-state index contributed by atoms with van der Waals surface area (Å²) in [6.07, 6.45) is 3.74. The van der Waals surface area contributed by atoms with E-state index in [0.29, 0.717) is 19.3 Å². The second kappa shape index (κ2) is 6.50. The Balaban J connectivity index is 2.96. The maximum Gasteiger partial charge on any atom is 0.320 e. The van der Waals surface area contributed by atoms with Crippen molar-refractivity contribution in [1.29, 1.82) is 0 Å². The number of ketones is 1. The lowest BCUT2D eigenvalue weighted by molar-refractivity contribution is -0.163. The smallest absolute Gasteiger partial charge is 0.320 e. The Kier molecular flexibility index (Phi) is 5.27. The zero-order valence-electron chi connectivity index (χ0n) is 11.6. The van der Waals surface area contributed by atoms with Crippen LogP contribution < -0.4 is 0 Å². The Morgan fingerprint density at radius 3 is 2.68 bits per heavy atom. The predicted molar refractivity (Wildman–Crippen MR) is 68.3 cm³/mol. The van der Waals surface area contributed by atoms with Crippen molar-refractivity contribution >= 4 is 17.7 Å². The standard InChI is InChI=1S/C14H20O5/c1-4-6-8-14(13(17)18-5-2)9-7-11(12(14)16)19-10(3)15/h4,6,11H,5,7-9H2,1-3H3/b6-4+. The Morgan fingerprint density at radius 2 is 2.16 bits per heavy atom. The molecule has 0 radical (unpaired) electrons. The second-order valence-corrected chi connectivity index (χ2v) is 4.58. The molecule has 1 rings (SSSR count). The Morgan fingerprint density at radius 1 is 1.47 bits per heavy atom. The fourth-order valence-electron chi connectivity index (χ4n) is 2.33. The average molecular weight is 268 g/mol. The molecule has 5 heteroatoms. The van der Waals surface area contributed by atoms with Gasteiger partial charge in [-0.05, 0) is 33.1 Å². The third kappa shape index (κ3) is 3.22. The third-order valence-corrected chi connectivity index (χ3v) is 3.27. The van der Waals surface area contributed by atoms with Crippen LogP contribution in [0.2, 0.25) is 0 Å². The molecule has 0 aliphatic heterocycles. The molecule has 1 aliphatic carbocycles. The molecule has 19 heavy (non-hydrogen) atoms. The summed E-state index contributed by atoms with van der Waals surface area (Å²) in [5.41, 5.74) is -1.19. The van der Waals surface area contributed by atoms with Crippen molar-refractivity contribution in [3.05, 3.63) is 12.2 Å². The molecule has 1 aliphatic rings. The molecule has 2 atom stereocenters. The van der Waals surface area contributed by atoms with Crippen molar-refractivity contribution < 1.29 is 23.9 Å². The van der Waals surface area contributed by atoms with Crippen LogP contribution in [0.3, 0.4) is 0 Å². The number of ether oxygens (including phenoxy) is 2. The molecule has 0 heterocycles. The zero-order valence-corrected chi connectivity index (χ0v) is 11.6. The number of carbonyl (C=O) groups is 3. The summed E-state index contributed by atoms with van der Waals surface area (Å²) < 4.78 is 9.98. The summed E-state index contributed by atoms with van der Waals surface area (Å²) in [6, 6.07) is 0. The van der Waals surface area contributed by atoms with Crippen LogP contribution in [0.5, 0.6) is 0 Å². The van der Waals surface area contributed by atoms with Gasteiger partial charge in [0.2, 0.25) is 0 Å². The molecule has 5 nitrogen and oxygen atoms in total. The normalized spacial score (nSPS) is 26.7. The van der Waals surface area contributed by atoms with Gasteiger partial charge in [-0.15, -0.1) is 0 Å². The molecule has 1 saturated carbocycles. The summed E-state index contributed by atoms with van der Waals surface area (Å²) in [5.74, 6) is -1.38. The molecule has 0 amide bonds. The fraction of sp³-hybridized carbons (Fsp3) is 0.643. The SMILES string of the molecule is C/C=C/CC1(C(=O)OCC)CCC(OC(C)=O)C1=O.